The van der Waals surface area contributed by atoms with Crippen LogP contribution in [0, 0.1) is 0 Å². The summed E-state index contributed by atoms with van der Waals surface area (Å²) in [5.41, 5.74) is 3.84. The molecule has 0 unspecified atom stereocenters. The number of thioether (sulfide) groups is 1. The van der Waals surface area contributed by atoms with E-state index in [0.717, 1.165) is 34.2 Å². The summed E-state index contributed by atoms with van der Waals surface area (Å²) in [5, 5.41) is 3.36. The molecule has 4 rings (SSSR count). The van der Waals surface area contributed by atoms with Crippen molar-refractivity contribution >= 4 is 28.9 Å². The molecule has 0 bridgehead atoms. The maximum Gasteiger partial charge on any atom is 0.180 e. The van der Waals surface area contributed by atoms with E-state index in [1.54, 1.807) is 25.1 Å². The molecule has 0 radical (unpaired) electrons. The van der Waals surface area contributed by atoms with Gasteiger partial charge in [0.15, 0.2) is 11.5 Å². The maximum absolute atomic E-state index is 5.23. The Hall–Kier alpha value is -2.99. The van der Waals surface area contributed by atoms with Crippen LogP contribution in [0.4, 0.5) is 11.5 Å². The van der Waals surface area contributed by atoms with E-state index < -0.39 is 0 Å². The fraction of sp³-hybridized carbons (Fsp3) is 0.100. The molecule has 0 saturated heterocycles. The van der Waals surface area contributed by atoms with E-state index in [4.69, 9.17) is 4.74 Å². The molecule has 0 atom stereocenters. The Morgan fingerprint density at radius 2 is 1.77 bits per heavy atom. The van der Waals surface area contributed by atoms with Gasteiger partial charge in [-0.2, -0.15) is 0 Å². The molecular weight excluding hydrogens is 344 g/mol. The molecule has 0 saturated carbocycles. The number of nitrogens with one attached hydrogen (secondary N) is 1. The molecule has 0 aliphatic carbocycles. The molecule has 0 fully saturated rings. The number of rotatable bonds is 5. The van der Waals surface area contributed by atoms with Crippen LogP contribution < -0.4 is 10.1 Å². The molecule has 5 nitrogen and oxygen atoms in total. The number of fused-ring (bicyclic) bond motifs is 1. The number of nitrogens with zero attached hydrogens (tertiary/aromatic N) is 3. The molecule has 26 heavy (non-hydrogen) atoms. The highest BCUT2D eigenvalue weighted by atomic mass is 32.2. The van der Waals surface area contributed by atoms with Crippen molar-refractivity contribution in [1.29, 1.82) is 0 Å². The van der Waals surface area contributed by atoms with Gasteiger partial charge in [0.1, 0.15) is 5.75 Å². The first-order valence-electron chi connectivity index (χ1n) is 8.16. The zero-order chi connectivity index (χ0) is 17.9. The average Bonchev–Trinajstić information content (AvgIpc) is 3.14. The molecule has 130 valence electrons. The number of anilines is 2. The van der Waals surface area contributed by atoms with Crippen molar-refractivity contribution in [2.75, 3.05) is 18.7 Å². The summed E-state index contributed by atoms with van der Waals surface area (Å²) in [6, 6.07) is 16.2. The molecule has 2 heterocycles. The SMILES string of the molecule is COc1ccc(-c2cnc3c(Nc4ccc(SC)cc4)nccn23)cc1. The fourth-order valence-corrected chi connectivity index (χ4v) is 3.20. The summed E-state index contributed by atoms with van der Waals surface area (Å²) >= 11 is 1.72. The van der Waals surface area contributed by atoms with Crippen molar-refractivity contribution in [2.24, 2.45) is 0 Å². The van der Waals surface area contributed by atoms with Gasteiger partial charge >= 0.3 is 0 Å². The van der Waals surface area contributed by atoms with Gasteiger partial charge in [-0.3, -0.25) is 4.40 Å². The lowest BCUT2D eigenvalue weighted by Crippen LogP contribution is -1.98. The van der Waals surface area contributed by atoms with E-state index >= 15 is 0 Å². The van der Waals surface area contributed by atoms with Crippen LogP contribution in [0.5, 0.6) is 5.75 Å². The van der Waals surface area contributed by atoms with Crippen LogP contribution in [-0.2, 0) is 0 Å². The molecule has 6 heteroatoms. The molecule has 4 aromatic rings. The van der Waals surface area contributed by atoms with E-state index in [1.807, 2.05) is 53.2 Å². The Morgan fingerprint density at radius 3 is 2.46 bits per heavy atom. The number of imidazole rings is 1. The van der Waals surface area contributed by atoms with E-state index in [1.165, 1.54) is 4.90 Å². The van der Waals surface area contributed by atoms with Gasteiger partial charge in [0.2, 0.25) is 0 Å². The molecule has 0 aliphatic rings. The van der Waals surface area contributed by atoms with Crippen LogP contribution in [0.1, 0.15) is 0 Å². The van der Waals surface area contributed by atoms with Crippen LogP contribution in [0.25, 0.3) is 16.9 Å². The van der Waals surface area contributed by atoms with Crippen LogP contribution in [-0.4, -0.2) is 27.7 Å². The fourth-order valence-electron chi connectivity index (χ4n) is 2.79. The first kappa shape index (κ1) is 16.5. The predicted octanol–water partition coefficient (Wildman–Crippen LogP) is 4.87. The Kier molecular flexibility index (Phi) is 4.50. The number of aromatic nitrogens is 3. The zero-order valence-corrected chi connectivity index (χ0v) is 15.3. The Labute approximate surface area is 156 Å². The second kappa shape index (κ2) is 7.09. The summed E-state index contributed by atoms with van der Waals surface area (Å²) in [6.45, 7) is 0. The van der Waals surface area contributed by atoms with Gasteiger partial charge in [-0.25, -0.2) is 9.97 Å². The highest BCUT2D eigenvalue weighted by Gasteiger charge is 2.10. The maximum atomic E-state index is 5.23. The zero-order valence-electron chi connectivity index (χ0n) is 14.5. The van der Waals surface area contributed by atoms with E-state index in [-0.39, 0.29) is 0 Å². The smallest absolute Gasteiger partial charge is 0.180 e. The largest absolute Gasteiger partial charge is 0.497 e. The summed E-state index contributed by atoms with van der Waals surface area (Å²) in [6.07, 6.45) is 7.63. The topological polar surface area (TPSA) is 51.5 Å². The first-order chi connectivity index (χ1) is 12.8. The van der Waals surface area contributed by atoms with Gasteiger partial charge in [-0.1, -0.05) is 0 Å². The first-order valence-corrected chi connectivity index (χ1v) is 9.38. The Morgan fingerprint density at radius 1 is 1.00 bits per heavy atom. The second-order valence-electron chi connectivity index (χ2n) is 5.69. The number of hydrogen-bond donors (Lipinski definition) is 1. The van der Waals surface area contributed by atoms with Gasteiger partial charge in [0.05, 0.1) is 19.0 Å². The van der Waals surface area contributed by atoms with Crippen LogP contribution in [0.15, 0.2) is 72.0 Å². The number of methoxy groups -OCH3 is 1. The Bertz CT molecular complexity index is 1030. The molecule has 0 aliphatic heterocycles. The number of benzene rings is 2. The lowest BCUT2D eigenvalue weighted by Gasteiger charge is -2.08. The second-order valence-corrected chi connectivity index (χ2v) is 6.57. The van der Waals surface area contributed by atoms with Crippen molar-refractivity contribution < 1.29 is 4.74 Å². The van der Waals surface area contributed by atoms with E-state index in [2.05, 4.69) is 33.7 Å². The van der Waals surface area contributed by atoms with Crippen LogP contribution in [0.2, 0.25) is 0 Å². The third-order valence-electron chi connectivity index (χ3n) is 4.17. The molecular formula is C20H18N4OS. The molecule has 1 N–H and O–H groups in total. The summed E-state index contributed by atoms with van der Waals surface area (Å²) in [4.78, 5) is 10.3. The molecule has 2 aromatic heterocycles. The molecule has 0 spiro atoms. The third-order valence-corrected chi connectivity index (χ3v) is 4.91. The van der Waals surface area contributed by atoms with Gasteiger partial charge in [0, 0.05) is 28.5 Å². The van der Waals surface area contributed by atoms with Crippen molar-refractivity contribution in [2.45, 2.75) is 4.90 Å². The molecule has 0 amide bonds. The normalized spacial score (nSPS) is 10.8. The van der Waals surface area contributed by atoms with Gasteiger partial charge in [-0.05, 0) is 54.8 Å². The minimum absolute atomic E-state index is 0.726. The van der Waals surface area contributed by atoms with Gasteiger partial charge < -0.3 is 10.1 Å². The van der Waals surface area contributed by atoms with Crippen molar-refractivity contribution in [1.82, 2.24) is 14.4 Å². The standard InChI is InChI=1S/C20H18N4OS/c1-25-16-7-3-14(4-8-16)18-13-22-20-19(21-11-12-24(18)20)23-15-5-9-17(26-2)10-6-15/h3-13H,1-2H3,(H,21,23). The minimum Gasteiger partial charge on any atom is -0.497 e. The number of hydrogen-bond acceptors (Lipinski definition) is 5. The van der Waals surface area contributed by atoms with E-state index in [9.17, 15) is 0 Å². The Balaban J connectivity index is 1.69. The van der Waals surface area contributed by atoms with Crippen molar-refractivity contribution in [3.05, 3.63) is 67.1 Å². The van der Waals surface area contributed by atoms with Crippen molar-refractivity contribution in [3.63, 3.8) is 0 Å². The van der Waals surface area contributed by atoms with Gasteiger partial charge in [0.25, 0.3) is 0 Å². The lowest BCUT2D eigenvalue weighted by molar-refractivity contribution is 0.415. The summed E-state index contributed by atoms with van der Waals surface area (Å²) < 4.78 is 7.27. The quantitative estimate of drug-likeness (QED) is 0.513. The van der Waals surface area contributed by atoms with Crippen molar-refractivity contribution in [3.8, 4) is 17.0 Å². The number of ether oxygens (including phenoxy) is 1. The average molecular weight is 362 g/mol. The lowest BCUT2D eigenvalue weighted by atomic mass is 10.1. The highest BCUT2D eigenvalue weighted by Crippen LogP contribution is 2.27. The van der Waals surface area contributed by atoms with E-state index in [0.29, 0.717) is 0 Å². The molecule has 2 aromatic carbocycles. The minimum atomic E-state index is 0.726. The predicted molar refractivity (Wildman–Crippen MR) is 106 cm³/mol. The monoisotopic (exact) mass is 362 g/mol. The van der Waals surface area contributed by atoms with Crippen LogP contribution >= 0.6 is 11.8 Å². The summed E-state index contributed by atoms with van der Waals surface area (Å²) in [7, 11) is 1.67. The summed E-state index contributed by atoms with van der Waals surface area (Å²) in [5.74, 6) is 1.56. The van der Waals surface area contributed by atoms with Crippen LogP contribution in [0.3, 0.4) is 0 Å². The highest BCUT2D eigenvalue weighted by molar-refractivity contribution is 7.98. The van der Waals surface area contributed by atoms with Gasteiger partial charge in [-0.15, -0.1) is 11.8 Å². The third kappa shape index (κ3) is 3.11.